The number of hydrogen-bond donors (Lipinski definition) is 1. The molecule has 4 rings (SSSR count). The quantitative estimate of drug-likeness (QED) is 0.196. The van der Waals surface area contributed by atoms with Crippen LogP contribution in [0.1, 0.15) is 16.7 Å². The Morgan fingerprint density at radius 2 is 1.69 bits per heavy atom. The Bertz CT molecular complexity index is 1410. The van der Waals surface area contributed by atoms with E-state index >= 15 is 0 Å². The van der Waals surface area contributed by atoms with E-state index in [1.54, 1.807) is 42.2 Å². The average molecular weight is 511 g/mol. The zero-order chi connectivity index (χ0) is 25.8. The summed E-state index contributed by atoms with van der Waals surface area (Å²) in [6.45, 7) is 2.00. The first kappa shape index (κ1) is 24.9. The minimum atomic E-state index is -0.696. The molecule has 0 aromatic heterocycles. The Hall–Kier alpha value is -4.17. The molecule has 0 fully saturated rings. The summed E-state index contributed by atoms with van der Waals surface area (Å²) in [5, 5.41) is 21.4. The number of hydrogen-bond acceptors (Lipinski definition) is 5. The number of rotatable bonds is 8. The van der Waals surface area contributed by atoms with E-state index in [9.17, 15) is 24.0 Å². The first-order chi connectivity index (χ1) is 17.2. The van der Waals surface area contributed by atoms with Crippen LogP contribution in [0.5, 0.6) is 17.2 Å². The van der Waals surface area contributed by atoms with Gasteiger partial charge in [-0.25, -0.2) is 8.78 Å². The highest BCUT2D eigenvalue weighted by molar-refractivity contribution is 6.32. The van der Waals surface area contributed by atoms with Crippen LogP contribution in [-0.4, -0.2) is 10.0 Å². The van der Waals surface area contributed by atoms with Crippen molar-refractivity contribution in [3.8, 4) is 17.2 Å². The topological polar surface area (TPSA) is 75.8 Å². The molecule has 4 aromatic rings. The second-order valence-electron chi connectivity index (χ2n) is 8.13. The van der Waals surface area contributed by atoms with Crippen LogP contribution >= 0.6 is 11.6 Å². The first-order valence-electron chi connectivity index (χ1n) is 10.9. The molecule has 1 N–H and O–H groups in total. The highest BCUT2D eigenvalue weighted by Gasteiger charge is 2.19. The van der Waals surface area contributed by atoms with Gasteiger partial charge in [0.15, 0.2) is 0 Å². The molecule has 0 heterocycles. The lowest BCUT2D eigenvalue weighted by molar-refractivity contribution is -0.385. The molecule has 0 spiro atoms. The molecule has 0 aliphatic heterocycles. The van der Waals surface area contributed by atoms with Crippen molar-refractivity contribution in [3.05, 3.63) is 122 Å². The maximum absolute atomic E-state index is 14.5. The van der Waals surface area contributed by atoms with E-state index in [2.05, 4.69) is 0 Å². The fourth-order valence-electron chi connectivity index (χ4n) is 3.81. The second-order valence-corrected chi connectivity index (χ2v) is 8.54. The summed E-state index contributed by atoms with van der Waals surface area (Å²) < 4.78 is 33.7. The molecule has 9 heteroatoms. The van der Waals surface area contributed by atoms with Gasteiger partial charge >= 0.3 is 0 Å². The molecule has 0 radical (unpaired) electrons. The van der Waals surface area contributed by atoms with Gasteiger partial charge in [-0.2, -0.15) is 0 Å². The minimum absolute atomic E-state index is 0.0490. The molecule has 36 heavy (non-hydrogen) atoms. The van der Waals surface area contributed by atoms with Crippen molar-refractivity contribution in [2.75, 3.05) is 4.90 Å². The van der Waals surface area contributed by atoms with Gasteiger partial charge in [-0.3, -0.25) is 10.1 Å². The van der Waals surface area contributed by atoms with Crippen LogP contribution in [0.15, 0.2) is 78.9 Å². The number of nitro benzene ring substituents is 1. The fourth-order valence-corrected chi connectivity index (χ4v) is 3.93. The number of aromatic hydroxyl groups is 1. The molecular weight excluding hydrogens is 490 g/mol. The SMILES string of the molecule is Cc1c(N(Cc2ccc(Oc3ccc(Cl)c(O)c3)cc2)Cc2ccc(F)cc2F)cccc1[N+](=O)[O-]. The number of nitro groups is 1. The van der Waals surface area contributed by atoms with Crippen molar-refractivity contribution in [3.63, 3.8) is 0 Å². The van der Waals surface area contributed by atoms with Crippen LogP contribution in [0.3, 0.4) is 0 Å². The molecule has 184 valence electrons. The Balaban J connectivity index is 1.62. The third kappa shape index (κ3) is 5.72. The smallest absolute Gasteiger partial charge is 0.274 e. The summed E-state index contributed by atoms with van der Waals surface area (Å²) >= 11 is 5.83. The lowest BCUT2D eigenvalue weighted by Gasteiger charge is -2.27. The highest BCUT2D eigenvalue weighted by Crippen LogP contribution is 2.33. The van der Waals surface area contributed by atoms with Crippen molar-refractivity contribution in [2.45, 2.75) is 20.0 Å². The van der Waals surface area contributed by atoms with Crippen LogP contribution in [0, 0.1) is 28.7 Å². The number of nitrogens with zero attached hydrogens (tertiary/aromatic N) is 2. The predicted molar refractivity (Wildman–Crippen MR) is 134 cm³/mol. The number of halogens is 3. The molecule has 0 atom stereocenters. The maximum Gasteiger partial charge on any atom is 0.274 e. The molecule has 0 amide bonds. The average Bonchev–Trinajstić information content (AvgIpc) is 2.84. The third-order valence-corrected chi connectivity index (χ3v) is 5.96. The lowest BCUT2D eigenvalue weighted by Crippen LogP contribution is -2.24. The van der Waals surface area contributed by atoms with Gasteiger partial charge in [0.05, 0.1) is 15.5 Å². The van der Waals surface area contributed by atoms with Gasteiger partial charge in [-0.1, -0.05) is 35.9 Å². The molecule has 6 nitrogen and oxygen atoms in total. The minimum Gasteiger partial charge on any atom is -0.506 e. The highest BCUT2D eigenvalue weighted by atomic mass is 35.5. The van der Waals surface area contributed by atoms with Crippen LogP contribution < -0.4 is 9.64 Å². The van der Waals surface area contributed by atoms with Crippen molar-refractivity contribution >= 4 is 23.0 Å². The molecule has 0 saturated heterocycles. The van der Waals surface area contributed by atoms with E-state index in [4.69, 9.17) is 16.3 Å². The number of phenols is 1. The van der Waals surface area contributed by atoms with Crippen LogP contribution in [0.25, 0.3) is 0 Å². The zero-order valence-electron chi connectivity index (χ0n) is 19.1. The third-order valence-electron chi connectivity index (χ3n) is 5.64. The van der Waals surface area contributed by atoms with Gasteiger partial charge in [-0.05, 0) is 48.9 Å². The normalized spacial score (nSPS) is 10.8. The molecule has 0 bridgehead atoms. The maximum atomic E-state index is 14.5. The van der Waals surface area contributed by atoms with E-state index in [1.165, 1.54) is 30.3 Å². The monoisotopic (exact) mass is 510 g/mol. The van der Waals surface area contributed by atoms with E-state index in [0.717, 1.165) is 11.6 Å². The zero-order valence-corrected chi connectivity index (χ0v) is 19.9. The fraction of sp³-hybridized carbons (Fsp3) is 0.111. The van der Waals surface area contributed by atoms with Gasteiger partial charge in [0.2, 0.25) is 0 Å². The standard InChI is InChI=1S/C27H21ClF2N2O4/c1-17-25(3-2-4-26(17)32(34)35)31(16-19-7-8-20(29)13-24(19)30)15-18-5-9-21(10-6-18)36-22-11-12-23(28)27(33)14-22/h2-14,33H,15-16H2,1H3. The van der Waals surface area contributed by atoms with Crippen molar-refractivity contribution in [2.24, 2.45) is 0 Å². The number of phenolic OH excluding ortho intramolecular Hbond substituents is 1. The summed E-state index contributed by atoms with van der Waals surface area (Å²) in [7, 11) is 0. The van der Waals surface area contributed by atoms with Crippen molar-refractivity contribution in [1.29, 1.82) is 0 Å². The van der Waals surface area contributed by atoms with Crippen LogP contribution in [0.2, 0.25) is 5.02 Å². The van der Waals surface area contributed by atoms with Crippen LogP contribution in [-0.2, 0) is 13.1 Å². The number of ether oxygens (including phenoxy) is 1. The van der Waals surface area contributed by atoms with Crippen molar-refractivity contribution < 1.29 is 23.5 Å². The molecule has 4 aromatic carbocycles. The molecule has 0 unspecified atom stereocenters. The van der Waals surface area contributed by atoms with Gasteiger partial charge in [0.1, 0.15) is 28.9 Å². The summed E-state index contributed by atoms with van der Waals surface area (Å²) in [5.41, 5.74) is 2.03. The molecule has 0 saturated carbocycles. The molecular formula is C27H21ClF2N2O4. The largest absolute Gasteiger partial charge is 0.506 e. The summed E-state index contributed by atoms with van der Waals surface area (Å²) in [5.74, 6) is -0.549. The molecule has 0 aliphatic rings. The summed E-state index contributed by atoms with van der Waals surface area (Å²) in [4.78, 5) is 12.8. The Morgan fingerprint density at radius 1 is 0.972 bits per heavy atom. The van der Waals surface area contributed by atoms with Gasteiger partial charge < -0.3 is 14.7 Å². The van der Waals surface area contributed by atoms with Gasteiger partial charge in [0.25, 0.3) is 5.69 Å². The number of benzene rings is 4. The van der Waals surface area contributed by atoms with E-state index in [-0.39, 0.29) is 28.6 Å². The second kappa shape index (κ2) is 10.6. The van der Waals surface area contributed by atoms with E-state index < -0.39 is 16.6 Å². The Labute approximate surface area is 211 Å². The Morgan fingerprint density at radius 3 is 2.36 bits per heavy atom. The van der Waals surface area contributed by atoms with E-state index in [0.29, 0.717) is 29.3 Å². The van der Waals surface area contributed by atoms with Crippen molar-refractivity contribution in [1.82, 2.24) is 0 Å². The predicted octanol–water partition coefficient (Wildman–Crippen LogP) is 7.54. The summed E-state index contributed by atoms with van der Waals surface area (Å²) in [6.07, 6.45) is 0. The van der Waals surface area contributed by atoms with E-state index in [1.807, 2.05) is 12.1 Å². The van der Waals surface area contributed by atoms with Gasteiger partial charge in [-0.15, -0.1) is 0 Å². The lowest BCUT2D eigenvalue weighted by atomic mass is 10.1. The molecule has 0 aliphatic carbocycles. The number of anilines is 1. The summed E-state index contributed by atoms with van der Waals surface area (Å²) in [6, 6.07) is 19.7. The Kier molecular flexibility index (Phi) is 7.36. The first-order valence-corrected chi connectivity index (χ1v) is 11.3. The van der Waals surface area contributed by atoms with Gasteiger partial charge in [0, 0.05) is 42.5 Å². The van der Waals surface area contributed by atoms with Crippen LogP contribution in [0.4, 0.5) is 20.2 Å².